The molecule has 0 fully saturated rings. The summed E-state index contributed by atoms with van der Waals surface area (Å²) in [7, 11) is 0. The van der Waals surface area contributed by atoms with Crippen LogP contribution in [-0.4, -0.2) is 11.2 Å². The predicted molar refractivity (Wildman–Crippen MR) is 100 cm³/mol. The highest BCUT2D eigenvalue weighted by Crippen LogP contribution is 2.31. The van der Waals surface area contributed by atoms with Crippen LogP contribution in [0.5, 0.6) is 0 Å². The molecule has 0 aliphatic heterocycles. The van der Waals surface area contributed by atoms with Crippen molar-refractivity contribution in [2.75, 3.05) is 5.43 Å². The van der Waals surface area contributed by atoms with Gasteiger partial charge in [-0.2, -0.15) is 18.3 Å². The number of hydrazone groups is 1. The molecule has 2 aromatic carbocycles. The molecule has 0 unspecified atom stereocenters. The van der Waals surface area contributed by atoms with Crippen LogP contribution in [0.4, 0.5) is 22.7 Å². The highest BCUT2D eigenvalue weighted by Gasteiger charge is 2.30. The number of halogens is 4. The van der Waals surface area contributed by atoms with Gasteiger partial charge in [-0.25, -0.2) is 9.37 Å². The van der Waals surface area contributed by atoms with Gasteiger partial charge in [-0.05, 0) is 35.9 Å². The molecule has 1 heterocycles. The molecule has 0 aliphatic rings. The van der Waals surface area contributed by atoms with Crippen molar-refractivity contribution in [2.45, 2.75) is 6.18 Å². The minimum atomic E-state index is -4.36. The summed E-state index contributed by atoms with van der Waals surface area (Å²) in [5.74, 6) is -0.296. The van der Waals surface area contributed by atoms with Crippen molar-refractivity contribution in [2.24, 2.45) is 5.10 Å². The smallest absolute Gasteiger partial charge is 0.253 e. The van der Waals surface area contributed by atoms with Crippen LogP contribution in [-0.2, 0) is 6.18 Å². The molecular formula is C19H13F4N3S. The molecule has 0 bridgehead atoms. The fourth-order valence-corrected chi connectivity index (χ4v) is 2.82. The lowest BCUT2D eigenvalue weighted by atomic mass is 10.1. The van der Waals surface area contributed by atoms with E-state index in [1.165, 1.54) is 41.8 Å². The number of anilines is 1. The van der Waals surface area contributed by atoms with Gasteiger partial charge in [0.15, 0.2) is 0 Å². The first kappa shape index (κ1) is 18.8. The number of thiazole rings is 1. The van der Waals surface area contributed by atoms with Crippen molar-refractivity contribution >= 4 is 28.8 Å². The van der Waals surface area contributed by atoms with Gasteiger partial charge in [0, 0.05) is 17.2 Å². The van der Waals surface area contributed by atoms with Gasteiger partial charge in [-0.1, -0.05) is 30.3 Å². The highest BCUT2D eigenvalue weighted by molar-refractivity contribution is 7.14. The average molecular weight is 391 g/mol. The highest BCUT2D eigenvalue weighted by atomic mass is 32.1. The van der Waals surface area contributed by atoms with E-state index in [-0.39, 0.29) is 5.82 Å². The summed E-state index contributed by atoms with van der Waals surface area (Å²) in [5.41, 5.74) is 4.04. The van der Waals surface area contributed by atoms with E-state index >= 15 is 0 Å². The Balaban J connectivity index is 1.58. The van der Waals surface area contributed by atoms with Gasteiger partial charge in [0.05, 0.1) is 11.3 Å². The van der Waals surface area contributed by atoms with Gasteiger partial charge in [0.1, 0.15) is 5.82 Å². The van der Waals surface area contributed by atoms with Gasteiger partial charge in [-0.3, -0.25) is 5.43 Å². The lowest BCUT2D eigenvalue weighted by molar-refractivity contribution is -0.137. The van der Waals surface area contributed by atoms with E-state index in [1.807, 2.05) is 0 Å². The number of rotatable bonds is 5. The first-order valence-electron chi connectivity index (χ1n) is 7.76. The Kier molecular flexibility index (Phi) is 5.66. The summed E-state index contributed by atoms with van der Waals surface area (Å²) >= 11 is 1.29. The number of hydrogen-bond acceptors (Lipinski definition) is 4. The quantitative estimate of drug-likeness (QED) is 0.325. The molecule has 27 heavy (non-hydrogen) atoms. The van der Waals surface area contributed by atoms with Gasteiger partial charge >= 0.3 is 6.18 Å². The molecule has 0 saturated carbocycles. The zero-order chi connectivity index (χ0) is 19.3. The van der Waals surface area contributed by atoms with Crippen molar-refractivity contribution in [1.82, 2.24) is 4.98 Å². The Bertz CT molecular complexity index is 942. The van der Waals surface area contributed by atoms with Crippen LogP contribution in [0.25, 0.3) is 17.3 Å². The molecule has 0 spiro atoms. The van der Waals surface area contributed by atoms with Crippen LogP contribution in [0.1, 0.15) is 11.1 Å². The molecule has 0 atom stereocenters. The van der Waals surface area contributed by atoms with E-state index in [9.17, 15) is 17.6 Å². The standard InChI is InChI=1S/C19H13F4N3S/c20-16-9-3-13(4-10-16)2-1-11-24-26-18-25-17(12-27-18)14-5-7-15(8-6-14)19(21,22)23/h1-12H,(H,25,26)/b2-1+,24-11+. The maximum absolute atomic E-state index is 12.8. The molecular weight excluding hydrogens is 378 g/mol. The minimum Gasteiger partial charge on any atom is -0.253 e. The molecule has 0 radical (unpaired) electrons. The van der Waals surface area contributed by atoms with Crippen molar-refractivity contribution in [1.29, 1.82) is 0 Å². The molecule has 3 aromatic rings. The number of nitrogens with zero attached hydrogens (tertiary/aromatic N) is 2. The van der Waals surface area contributed by atoms with Crippen LogP contribution in [0, 0.1) is 5.82 Å². The fraction of sp³-hybridized carbons (Fsp3) is 0.0526. The maximum Gasteiger partial charge on any atom is 0.416 e. The van der Waals surface area contributed by atoms with E-state index in [4.69, 9.17) is 0 Å². The topological polar surface area (TPSA) is 37.3 Å². The summed E-state index contributed by atoms with van der Waals surface area (Å²) in [5, 5.41) is 6.23. The van der Waals surface area contributed by atoms with Crippen LogP contribution in [0.3, 0.4) is 0 Å². The van der Waals surface area contributed by atoms with E-state index < -0.39 is 11.7 Å². The summed E-state index contributed by atoms with van der Waals surface area (Å²) in [6, 6.07) is 10.8. The second-order valence-corrected chi connectivity index (χ2v) is 6.27. The molecule has 1 aromatic heterocycles. The Hall–Kier alpha value is -3.00. The number of benzene rings is 2. The number of nitrogens with one attached hydrogen (secondary N) is 1. The Morgan fingerprint density at radius 3 is 2.37 bits per heavy atom. The lowest BCUT2D eigenvalue weighted by Crippen LogP contribution is -2.03. The van der Waals surface area contributed by atoms with Crippen molar-refractivity contribution < 1.29 is 17.6 Å². The first-order chi connectivity index (χ1) is 12.9. The molecule has 3 nitrogen and oxygen atoms in total. The van der Waals surface area contributed by atoms with E-state index in [1.54, 1.807) is 29.7 Å². The number of aromatic nitrogens is 1. The fourth-order valence-electron chi connectivity index (χ4n) is 2.15. The van der Waals surface area contributed by atoms with Gasteiger partial charge in [-0.15, -0.1) is 11.3 Å². The number of alkyl halides is 3. The average Bonchev–Trinajstić information content (AvgIpc) is 3.11. The molecule has 3 rings (SSSR count). The minimum absolute atomic E-state index is 0.296. The molecule has 0 aliphatic carbocycles. The van der Waals surface area contributed by atoms with E-state index in [2.05, 4.69) is 15.5 Å². The van der Waals surface area contributed by atoms with Gasteiger partial charge < -0.3 is 0 Å². The summed E-state index contributed by atoms with van der Waals surface area (Å²) in [6.07, 6.45) is 0.608. The Morgan fingerprint density at radius 2 is 1.70 bits per heavy atom. The third-order valence-corrected chi connectivity index (χ3v) is 4.24. The van der Waals surface area contributed by atoms with Crippen LogP contribution < -0.4 is 5.43 Å². The Morgan fingerprint density at radius 1 is 1.00 bits per heavy atom. The molecule has 0 amide bonds. The summed E-state index contributed by atoms with van der Waals surface area (Å²) in [6.45, 7) is 0. The zero-order valence-corrected chi connectivity index (χ0v) is 14.6. The predicted octanol–water partition coefficient (Wildman–Crippen LogP) is 6.08. The molecule has 0 saturated heterocycles. The van der Waals surface area contributed by atoms with Crippen LogP contribution >= 0.6 is 11.3 Å². The monoisotopic (exact) mass is 391 g/mol. The molecule has 8 heteroatoms. The largest absolute Gasteiger partial charge is 0.416 e. The molecule has 138 valence electrons. The van der Waals surface area contributed by atoms with Crippen molar-refractivity contribution in [3.8, 4) is 11.3 Å². The van der Waals surface area contributed by atoms with Crippen LogP contribution in [0.2, 0.25) is 0 Å². The number of hydrogen-bond donors (Lipinski definition) is 1. The summed E-state index contributed by atoms with van der Waals surface area (Å²) in [4.78, 5) is 4.28. The second kappa shape index (κ2) is 8.13. The zero-order valence-electron chi connectivity index (χ0n) is 13.7. The third kappa shape index (κ3) is 5.24. The van der Waals surface area contributed by atoms with E-state index in [0.717, 1.165) is 17.7 Å². The first-order valence-corrected chi connectivity index (χ1v) is 8.64. The number of allylic oxidation sites excluding steroid dienone is 1. The van der Waals surface area contributed by atoms with Crippen molar-refractivity contribution in [3.05, 3.63) is 76.9 Å². The van der Waals surface area contributed by atoms with Crippen LogP contribution in [0.15, 0.2) is 65.1 Å². The lowest BCUT2D eigenvalue weighted by Gasteiger charge is -2.06. The van der Waals surface area contributed by atoms with Gasteiger partial charge in [0.25, 0.3) is 0 Å². The Labute approximate surface area is 156 Å². The SMILES string of the molecule is Fc1ccc(/C=C/C=N/Nc2nc(-c3ccc(C(F)(F)F)cc3)cs2)cc1. The summed E-state index contributed by atoms with van der Waals surface area (Å²) < 4.78 is 50.6. The van der Waals surface area contributed by atoms with E-state index in [0.29, 0.717) is 16.4 Å². The molecule has 1 N–H and O–H groups in total. The second-order valence-electron chi connectivity index (χ2n) is 5.41. The third-order valence-electron chi connectivity index (χ3n) is 3.49. The maximum atomic E-state index is 12.8. The normalized spacial score (nSPS) is 12.1. The van der Waals surface area contributed by atoms with Crippen molar-refractivity contribution in [3.63, 3.8) is 0 Å². The van der Waals surface area contributed by atoms with Gasteiger partial charge in [0.2, 0.25) is 5.13 Å².